The highest BCUT2D eigenvalue weighted by Crippen LogP contribution is 2.27. The van der Waals surface area contributed by atoms with E-state index in [4.69, 9.17) is 9.84 Å². The Bertz CT molecular complexity index is 389. The fraction of sp³-hybridized carbons (Fsp3) is 0.250. The lowest BCUT2D eigenvalue weighted by molar-refractivity contribution is -0.131. The molecule has 4 nitrogen and oxygen atoms in total. The number of para-hydroxylation sites is 1. The van der Waals surface area contributed by atoms with Crippen LogP contribution in [-0.4, -0.2) is 23.7 Å². The molecule has 1 aromatic rings. The van der Waals surface area contributed by atoms with Crippen LogP contribution in [0.1, 0.15) is 5.56 Å². The highest BCUT2D eigenvalue weighted by atomic mass is 16.5. The van der Waals surface area contributed by atoms with Crippen molar-refractivity contribution in [1.29, 1.82) is 0 Å². The van der Waals surface area contributed by atoms with Crippen LogP contribution in [0.4, 0.5) is 0 Å². The van der Waals surface area contributed by atoms with E-state index in [0.29, 0.717) is 6.54 Å². The van der Waals surface area contributed by atoms with Gasteiger partial charge in [0.1, 0.15) is 11.9 Å². The van der Waals surface area contributed by atoms with Crippen molar-refractivity contribution >= 4 is 5.97 Å². The Labute approximate surface area is 93.5 Å². The van der Waals surface area contributed by atoms with E-state index in [9.17, 15) is 4.79 Å². The van der Waals surface area contributed by atoms with E-state index in [1.54, 1.807) is 0 Å². The van der Waals surface area contributed by atoms with Gasteiger partial charge in [0.25, 0.3) is 0 Å². The van der Waals surface area contributed by atoms with Crippen LogP contribution in [0.5, 0.6) is 5.75 Å². The summed E-state index contributed by atoms with van der Waals surface area (Å²) in [6, 6.07) is 7.92. The van der Waals surface area contributed by atoms with Crippen LogP contribution >= 0.6 is 0 Å². The Morgan fingerprint density at radius 3 is 3.12 bits per heavy atom. The molecule has 1 atom stereocenters. The number of carboxylic acid groups (broad SMARTS) is 1. The van der Waals surface area contributed by atoms with Crippen molar-refractivity contribution in [3.05, 3.63) is 42.1 Å². The minimum Gasteiger partial charge on any atom is -0.488 e. The molecule has 4 heteroatoms. The predicted molar refractivity (Wildman–Crippen MR) is 59.3 cm³/mol. The van der Waals surface area contributed by atoms with Crippen molar-refractivity contribution in [2.45, 2.75) is 12.5 Å². The maximum absolute atomic E-state index is 10.2. The summed E-state index contributed by atoms with van der Waals surface area (Å²) in [5, 5.41) is 11.3. The van der Waals surface area contributed by atoms with Crippen LogP contribution in [0.15, 0.2) is 36.5 Å². The largest absolute Gasteiger partial charge is 0.488 e. The normalized spacial score (nSPS) is 18.1. The van der Waals surface area contributed by atoms with Gasteiger partial charge in [-0.15, -0.1) is 0 Å². The molecule has 0 aliphatic carbocycles. The van der Waals surface area contributed by atoms with Crippen molar-refractivity contribution in [1.82, 2.24) is 5.32 Å². The summed E-state index contributed by atoms with van der Waals surface area (Å²) in [5.74, 6) is -0.0281. The van der Waals surface area contributed by atoms with Crippen LogP contribution < -0.4 is 10.1 Å². The molecule has 16 heavy (non-hydrogen) atoms. The van der Waals surface area contributed by atoms with Gasteiger partial charge >= 0.3 is 5.97 Å². The topological polar surface area (TPSA) is 58.6 Å². The van der Waals surface area contributed by atoms with E-state index in [1.165, 1.54) is 11.8 Å². The number of hydrogen-bond donors (Lipinski definition) is 2. The second-order valence-electron chi connectivity index (χ2n) is 3.63. The fourth-order valence-corrected chi connectivity index (χ4v) is 1.70. The molecule has 2 rings (SSSR count). The first-order valence-corrected chi connectivity index (χ1v) is 5.13. The van der Waals surface area contributed by atoms with Gasteiger partial charge in [-0.2, -0.15) is 0 Å². The first-order valence-electron chi connectivity index (χ1n) is 5.13. The summed E-state index contributed by atoms with van der Waals surface area (Å²) in [6.45, 7) is 0.610. The SMILES string of the molecule is O=C(O)/C=C/NCC1Cc2ccccc2O1. The molecule has 1 aliphatic heterocycles. The molecular weight excluding hydrogens is 206 g/mol. The summed E-state index contributed by atoms with van der Waals surface area (Å²) in [7, 11) is 0. The van der Waals surface area contributed by atoms with Crippen LogP contribution in [0.3, 0.4) is 0 Å². The number of carbonyl (C=O) groups is 1. The molecular formula is C12H13NO3. The van der Waals surface area contributed by atoms with Gasteiger partial charge < -0.3 is 15.2 Å². The van der Waals surface area contributed by atoms with Gasteiger partial charge in [0.2, 0.25) is 0 Å². The standard InChI is InChI=1S/C12H13NO3/c14-12(15)5-6-13-8-10-7-9-3-1-2-4-11(9)16-10/h1-6,10,13H,7-8H2,(H,14,15)/b6-5+. The van der Waals surface area contributed by atoms with Gasteiger partial charge in [-0.3, -0.25) is 0 Å². The molecule has 1 unspecified atom stereocenters. The van der Waals surface area contributed by atoms with Crippen molar-refractivity contribution in [3.8, 4) is 5.75 Å². The molecule has 84 valence electrons. The maximum Gasteiger partial charge on any atom is 0.329 e. The third-order valence-electron chi connectivity index (χ3n) is 2.40. The fourth-order valence-electron chi connectivity index (χ4n) is 1.70. The molecule has 2 N–H and O–H groups in total. The Balaban J connectivity index is 1.81. The van der Waals surface area contributed by atoms with Crippen LogP contribution in [0, 0.1) is 0 Å². The zero-order chi connectivity index (χ0) is 11.4. The molecule has 1 aromatic carbocycles. The van der Waals surface area contributed by atoms with Gasteiger partial charge in [-0.1, -0.05) is 18.2 Å². The second-order valence-corrected chi connectivity index (χ2v) is 3.63. The Morgan fingerprint density at radius 1 is 1.56 bits per heavy atom. The van der Waals surface area contributed by atoms with Crippen molar-refractivity contribution in [2.75, 3.05) is 6.54 Å². The molecule has 0 fully saturated rings. The van der Waals surface area contributed by atoms with Gasteiger partial charge in [0.15, 0.2) is 0 Å². The average molecular weight is 219 g/mol. The zero-order valence-electron chi connectivity index (χ0n) is 8.72. The lowest BCUT2D eigenvalue weighted by Crippen LogP contribution is -2.26. The van der Waals surface area contributed by atoms with E-state index in [2.05, 4.69) is 5.32 Å². The number of ether oxygens (including phenoxy) is 1. The summed E-state index contributed by atoms with van der Waals surface area (Å²) >= 11 is 0. The minimum atomic E-state index is -0.955. The second kappa shape index (κ2) is 4.70. The van der Waals surface area contributed by atoms with Gasteiger partial charge in [-0.05, 0) is 11.6 Å². The minimum absolute atomic E-state index is 0.0795. The number of rotatable bonds is 4. The molecule has 0 spiro atoms. The van der Waals surface area contributed by atoms with E-state index in [-0.39, 0.29) is 6.10 Å². The number of hydrogen-bond acceptors (Lipinski definition) is 3. The Morgan fingerprint density at radius 2 is 2.38 bits per heavy atom. The van der Waals surface area contributed by atoms with Crippen molar-refractivity contribution in [2.24, 2.45) is 0 Å². The number of benzene rings is 1. The van der Waals surface area contributed by atoms with E-state index < -0.39 is 5.97 Å². The molecule has 0 bridgehead atoms. The van der Waals surface area contributed by atoms with Gasteiger partial charge in [0, 0.05) is 18.7 Å². The Hall–Kier alpha value is -1.97. The lowest BCUT2D eigenvalue weighted by Gasteiger charge is -2.09. The van der Waals surface area contributed by atoms with Crippen molar-refractivity contribution < 1.29 is 14.6 Å². The molecule has 1 aliphatic rings. The molecule has 0 saturated heterocycles. The molecule has 1 heterocycles. The third kappa shape index (κ3) is 2.53. The van der Waals surface area contributed by atoms with Gasteiger partial charge in [0.05, 0.1) is 6.54 Å². The number of nitrogens with one attached hydrogen (secondary N) is 1. The third-order valence-corrected chi connectivity index (χ3v) is 2.40. The lowest BCUT2D eigenvalue weighted by atomic mass is 10.1. The quantitative estimate of drug-likeness (QED) is 0.746. The maximum atomic E-state index is 10.2. The molecule has 0 aromatic heterocycles. The first-order chi connectivity index (χ1) is 7.75. The molecule has 0 amide bonds. The van der Waals surface area contributed by atoms with Crippen LogP contribution in [0.2, 0.25) is 0 Å². The summed E-state index contributed by atoms with van der Waals surface area (Å²) in [6.07, 6.45) is 3.44. The average Bonchev–Trinajstić information content (AvgIpc) is 2.66. The van der Waals surface area contributed by atoms with E-state index in [0.717, 1.165) is 18.2 Å². The number of aliphatic carboxylic acids is 1. The molecule has 0 saturated carbocycles. The first kappa shape index (κ1) is 10.5. The smallest absolute Gasteiger partial charge is 0.329 e. The van der Waals surface area contributed by atoms with Gasteiger partial charge in [-0.25, -0.2) is 4.79 Å². The number of fused-ring (bicyclic) bond motifs is 1. The highest BCUT2D eigenvalue weighted by Gasteiger charge is 2.21. The molecule has 0 radical (unpaired) electrons. The highest BCUT2D eigenvalue weighted by molar-refractivity contribution is 5.79. The zero-order valence-corrected chi connectivity index (χ0v) is 8.72. The van der Waals surface area contributed by atoms with E-state index in [1.807, 2.05) is 24.3 Å². The van der Waals surface area contributed by atoms with E-state index >= 15 is 0 Å². The summed E-state index contributed by atoms with van der Waals surface area (Å²) in [5.41, 5.74) is 1.21. The Kier molecular flexibility index (Phi) is 3.10. The monoisotopic (exact) mass is 219 g/mol. The van der Waals surface area contributed by atoms with Crippen molar-refractivity contribution in [3.63, 3.8) is 0 Å². The summed E-state index contributed by atoms with van der Waals surface area (Å²) in [4.78, 5) is 10.2. The van der Waals surface area contributed by atoms with Crippen LogP contribution in [0.25, 0.3) is 0 Å². The van der Waals surface area contributed by atoms with Crippen LogP contribution in [-0.2, 0) is 11.2 Å². The predicted octanol–water partition coefficient (Wildman–Crippen LogP) is 1.18. The number of carboxylic acids is 1. The summed E-state index contributed by atoms with van der Waals surface area (Å²) < 4.78 is 5.67.